The van der Waals surface area contributed by atoms with Gasteiger partial charge in [0, 0.05) is 35.5 Å². The van der Waals surface area contributed by atoms with Crippen LogP contribution in [-0.2, 0) is 43.2 Å². The van der Waals surface area contributed by atoms with Crippen molar-refractivity contribution in [2.75, 3.05) is 6.54 Å². The zero-order valence-corrected chi connectivity index (χ0v) is 38.2. The van der Waals surface area contributed by atoms with E-state index in [9.17, 15) is 24.3 Å². The smallest absolute Gasteiger partial charge is 0.417 e. The Morgan fingerprint density at radius 3 is 1.94 bits per heavy atom. The van der Waals surface area contributed by atoms with Crippen molar-refractivity contribution in [1.29, 1.82) is 0 Å². The van der Waals surface area contributed by atoms with Crippen molar-refractivity contribution in [3.63, 3.8) is 0 Å². The number of benzene rings is 3. The minimum Gasteiger partial charge on any atom is -0.508 e. The van der Waals surface area contributed by atoms with Crippen LogP contribution in [0.4, 0.5) is 4.79 Å². The van der Waals surface area contributed by atoms with Gasteiger partial charge in [-0.3, -0.25) is 19.2 Å². The lowest BCUT2D eigenvalue weighted by Gasteiger charge is -2.35. The van der Waals surface area contributed by atoms with E-state index in [1.165, 1.54) is 12.1 Å². The highest BCUT2D eigenvalue weighted by Gasteiger charge is 2.42. The summed E-state index contributed by atoms with van der Waals surface area (Å²) in [6, 6.07) is 15.6. The quantitative estimate of drug-likeness (QED) is 0.0617. The van der Waals surface area contributed by atoms with E-state index < -0.39 is 70.6 Å². The number of aromatic amines is 1. The number of nitrogens with one attached hydrogen (secondary N) is 4. The summed E-state index contributed by atoms with van der Waals surface area (Å²) in [5, 5.41) is 19.3. The predicted molar refractivity (Wildman–Crippen MR) is 244 cm³/mol. The highest BCUT2D eigenvalue weighted by molar-refractivity contribution is 6.02. The summed E-state index contributed by atoms with van der Waals surface area (Å²) < 4.78 is 11.8. The molecule has 1 heterocycles. The average molecular weight is 870 g/mol. The molecule has 0 spiro atoms. The van der Waals surface area contributed by atoms with Crippen LogP contribution in [0.2, 0.25) is 0 Å². The number of ether oxygens (including phenoxy) is 2. The number of unbranched alkanes of at least 4 members (excludes halogenated alkanes) is 1. The molecule has 0 fully saturated rings. The van der Waals surface area contributed by atoms with Gasteiger partial charge in [-0.05, 0) is 142 Å². The molecule has 63 heavy (non-hydrogen) atoms. The van der Waals surface area contributed by atoms with Gasteiger partial charge in [-0.25, -0.2) is 9.69 Å². The highest BCUT2D eigenvalue weighted by Crippen LogP contribution is 2.24. The van der Waals surface area contributed by atoms with Crippen LogP contribution in [0.25, 0.3) is 10.9 Å². The third-order valence-electron chi connectivity index (χ3n) is 9.73. The Morgan fingerprint density at radius 2 is 1.33 bits per heavy atom. The molecule has 0 aliphatic rings. The maximum atomic E-state index is 15.2. The second kappa shape index (κ2) is 21.4. The topological polar surface area (TPSA) is 231 Å². The van der Waals surface area contributed by atoms with Crippen molar-refractivity contribution in [3.05, 3.63) is 95.7 Å². The van der Waals surface area contributed by atoms with Gasteiger partial charge in [0.25, 0.3) is 5.91 Å². The maximum Gasteiger partial charge on any atom is 0.417 e. The minimum absolute atomic E-state index is 0.0332. The molecule has 0 radical (unpaired) electrons. The molecule has 4 rings (SSSR count). The van der Waals surface area contributed by atoms with Gasteiger partial charge in [-0.15, -0.1) is 0 Å². The van der Waals surface area contributed by atoms with Crippen LogP contribution in [0.1, 0.15) is 98.3 Å². The number of fused-ring (bicyclic) bond motifs is 1. The van der Waals surface area contributed by atoms with E-state index in [1.54, 1.807) is 63.4 Å². The molecule has 1 aromatic heterocycles. The molecule has 0 aliphatic carbocycles. The van der Waals surface area contributed by atoms with Crippen molar-refractivity contribution < 1.29 is 38.6 Å². The van der Waals surface area contributed by atoms with Gasteiger partial charge in [-0.2, -0.15) is 0 Å². The van der Waals surface area contributed by atoms with E-state index in [0.717, 1.165) is 21.4 Å². The molecule has 9 N–H and O–H groups in total. The van der Waals surface area contributed by atoms with Gasteiger partial charge in [0.15, 0.2) is 0 Å². The SMILES string of the molecule is CC(C)(C)NC(=O)[C@H](Cc1c[nH]c2ccccc12)NC(=O)[C@H](CCCCN)N(C(=O)OC(C)(C)C)C(=O)[C@H](Cc1ccc(OC(C)(C)C)cc1)NC(=O)[C@H](N)Cc1ccc(O)cc1. The van der Waals surface area contributed by atoms with Crippen LogP contribution >= 0.6 is 0 Å². The summed E-state index contributed by atoms with van der Waals surface area (Å²) in [4.78, 5) is 76.4. The van der Waals surface area contributed by atoms with Gasteiger partial charge in [0.1, 0.15) is 40.8 Å². The molecular weight excluding hydrogens is 803 g/mol. The Bertz CT molecular complexity index is 2170. The highest BCUT2D eigenvalue weighted by atomic mass is 16.6. The molecular formula is C48H67N7O8. The Balaban J connectivity index is 1.79. The molecule has 0 unspecified atom stereocenters. The second-order valence-corrected chi connectivity index (χ2v) is 19.0. The number of nitrogens with zero attached hydrogens (tertiary/aromatic N) is 1. The number of nitrogens with two attached hydrogens (primary N) is 2. The third kappa shape index (κ3) is 15.7. The number of carbonyl (C=O) groups excluding carboxylic acids is 5. The summed E-state index contributed by atoms with van der Waals surface area (Å²) in [5.74, 6) is -2.24. The van der Waals surface area contributed by atoms with Crippen LogP contribution < -0.4 is 32.2 Å². The normalized spacial score (nSPS) is 13.9. The summed E-state index contributed by atoms with van der Waals surface area (Å²) in [7, 11) is 0. The zero-order chi connectivity index (χ0) is 46.7. The molecule has 0 saturated heterocycles. The summed E-state index contributed by atoms with van der Waals surface area (Å²) >= 11 is 0. The van der Waals surface area contributed by atoms with Crippen molar-refractivity contribution in [3.8, 4) is 11.5 Å². The van der Waals surface area contributed by atoms with Gasteiger partial charge >= 0.3 is 6.09 Å². The summed E-state index contributed by atoms with van der Waals surface area (Å²) in [6.45, 7) is 16.4. The first kappa shape index (κ1) is 49.7. The monoisotopic (exact) mass is 870 g/mol. The lowest BCUT2D eigenvalue weighted by molar-refractivity contribution is -0.143. The van der Waals surface area contributed by atoms with Crippen molar-refractivity contribution >= 4 is 40.6 Å². The maximum absolute atomic E-state index is 15.2. The number of phenolic OH excluding ortho intramolecular Hbond substituents is 1. The number of aromatic nitrogens is 1. The van der Waals surface area contributed by atoms with E-state index in [1.807, 2.05) is 65.8 Å². The number of hydrogen-bond donors (Lipinski definition) is 7. The number of para-hydroxylation sites is 1. The molecule has 15 heteroatoms. The number of imide groups is 1. The standard InChI is InChI=1S/C48H67N7O8/c1-46(2,3)54-42(58)38(28-32-29-51-37-15-11-10-14-35(32)37)52-43(59)40(16-12-13-25-49)55(45(61)63-48(7,8)9)44(60)39(27-31-19-23-34(24-20-31)62-47(4,5)6)53-41(57)36(50)26-30-17-21-33(56)22-18-30/h10-11,14-15,17-24,29,36,38-40,51,56H,12-13,16,25-28,49-50H2,1-9H3,(H,52,59)(H,53,57)(H,54,58)/t36-,38+,39+,40+/m1/s1. The molecule has 15 nitrogen and oxygen atoms in total. The summed E-state index contributed by atoms with van der Waals surface area (Å²) in [5.41, 5.74) is 12.9. The first-order chi connectivity index (χ1) is 29.4. The first-order valence-electron chi connectivity index (χ1n) is 21.5. The van der Waals surface area contributed by atoms with Crippen LogP contribution in [0.15, 0.2) is 79.0 Å². The van der Waals surface area contributed by atoms with Crippen LogP contribution in [0, 0.1) is 0 Å². The van der Waals surface area contributed by atoms with Crippen molar-refractivity contribution in [2.24, 2.45) is 11.5 Å². The van der Waals surface area contributed by atoms with Gasteiger partial charge in [0.05, 0.1) is 6.04 Å². The van der Waals surface area contributed by atoms with Crippen LogP contribution in [0.5, 0.6) is 11.5 Å². The lowest BCUT2D eigenvalue weighted by atomic mass is 9.99. The van der Waals surface area contributed by atoms with Gasteiger partial charge in [0.2, 0.25) is 17.7 Å². The van der Waals surface area contributed by atoms with Crippen LogP contribution in [-0.4, -0.2) is 92.2 Å². The van der Waals surface area contributed by atoms with Gasteiger partial charge in [-0.1, -0.05) is 42.5 Å². The Hall–Kier alpha value is -5.93. The van der Waals surface area contributed by atoms with E-state index >= 15 is 4.79 Å². The largest absolute Gasteiger partial charge is 0.508 e. The Morgan fingerprint density at radius 1 is 0.730 bits per heavy atom. The van der Waals surface area contributed by atoms with Crippen molar-refractivity contribution in [2.45, 2.75) is 142 Å². The van der Waals surface area contributed by atoms with E-state index in [-0.39, 0.29) is 38.0 Å². The number of H-pyrrole nitrogens is 1. The molecule has 4 atom stereocenters. The first-order valence-corrected chi connectivity index (χ1v) is 21.5. The third-order valence-corrected chi connectivity index (χ3v) is 9.73. The number of phenols is 1. The second-order valence-electron chi connectivity index (χ2n) is 19.0. The van der Waals surface area contributed by atoms with Crippen LogP contribution in [0.3, 0.4) is 0 Å². The summed E-state index contributed by atoms with van der Waals surface area (Å²) in [6.07, 6.45) is 1.46. The molecule has 3 aromatic carbocycles. The molecule has 5 amide bonds. The number of aromatic hydroxyl groups is 1. The van der Waals surface area contributed by atoms with E-state index in [2.05, 4.69) is 20.9 Å². The lowest BCUT2D eigenvalue weighted by Crippen LogP contribution is -2.62. The molecule has 0 aliphatic heterocycles. The van der Waals surface area contributed by atoms with E-state index in [4.69, 9.17) is 20.9 Å². The average Bonchev–Trinajstić information content (AvgIpc) is 3.59. The number of rotatable bonds is 18. The molecule has 342 valence electrons. The van der Waals surface area contributed by atoms with Gasteiger partial charge < -0.3 is 47.0 Å². The predicted octanol–water partition coefficient (Wildman–Crippen LogP) is 5.55. The molecule has 0 saturated carbocycles. The fraction of sp³-hybridized carbons (Fsp3) is 0.479. The Kier molecular flexibility index (Phi) is 16.9. The molecule has 4 aromatic rings. The number of hydrogen-bond acceptors (Lipinski definition) is 10. The molecule has 0 bridgehead atoms. The fourth-order valence-corrected chi connectivity index (χ4v) is 6.90. The van der Waals surface area contributed by atoms with Crippen molar-refractivity contribution in [1.82, 2.24) is 25.8 Å². The zero-order valence-electron chi connectivity index (χ0n) is 38.2. The fourth-order valence-electron chi connectivity index (χ4n) is 6.90. The Labute approximate surface area is 371 Å². The van der Waals surface area contributed by atoms with E-state index in [0.29, 0.717) is 29.7 Å². The number of amides is 5. The minimum atomic E-state index is -1.50. The number of carbonyl (C=O) groups is 5.